The molecule has 1 aromatic rings. The molecular formula is C12H14N2O3. The molecule has 0 aromatic heterocycles. The number of rotatable bonds is 3. The van der Waals surface area contributed by atoms with E-state index in [9.17, 15) is 9.59 Å². The Bertz CT molecular complexity index is 493. The summed E-state index contributed by atoms with van der Waals surface area (Å²) in [5, 5.41) is 13.8. The lowest BCUT2D eigenvalue weighted by Crippen LogP contribution is -2.28. The smallest absolute Gasteiger partial charge is 0.281 e. The Morgan fingerprint density at radius 3 is 2.41 bits per heavy atom. The highest BCUT2D eigenvalue weighted by atomic mass is 16.4. The molecule has 0 saturated carbocycles. The highest BCUT2D eigenvalue weighted by Crippen LogP contribution is 2.15. The van der Waals surface area contributed by atoms with Crippen LogP contribution in [0.15, 0.2) is 23.4 Å². The molecular weight excluding hydrogens is 220 g/mol. The normalized spacial score (nSPS) is 11.1. The molecule has 0 heterocycles. The van der Waals surface area contributed by atoms with E-state index in [0.717, 1.165) is 18.1 Å². The Balaban J connectivity index is 2.92. The van der Waals surface area contributed by atoms with Crippen molar-refractivity contribution in [2.75, 3.05) is 5.32 Å². The second-order valence-electron chi connectivity index (χ2n) is 3.78. The van der Waals surface area contributed by atoms with E-state index in [1.807, 2.05) is 26.0 Å². The molecule has 1 aromatic carbocycles. The van der Waals surface area contributed by atoms with Gasteiger partial charge < -0.3 is 10.5 Å². The molecule has 1 rings (SSSR count). The fraction of sp³-hybridized carbons (Fsp3) is 0.250. The standard InChI is InChI=1S/C12H14N2O3/c1-7-4-5-10(8(2)6-7)13-12(16)11(14-17)9(3)15/h4-6,17H,1-3H3,(H,13,16). The van der Waals surface area contributed by atoms with Gasteiger partial charge in [0.1, 0.15) is 0 Å². The summed E-state index contributed by atoms with van der Waals surface area (Å²) in [6.45, 7) is 4.94. The number of hydrogen-bond donors (Lipinski definition) is 2. The van der Waals surface area contributed by atoms with E-state index < -0.39 is 17.4 Å². The van der Waals surface area contributed by atoms with E-state index in [1.54, 1.807) is 6.07 Å². The van der Waals surface area contributed by atoms with Crippen LogP contribution in [0, 0.1) is 13.8 Å². The van der Waals surface area contributed by atoms with Crippen LogP contribution in [0.2, 0.25) is 0 Å². The number of nitrogens with one attached hydrogen (secondary N) is 1. The lowest BCUT2D eigenvalue weighted by molar-refractivity contribution is -0.114. The first kappa shape index (κ1) is 12.9. The molecule has 0 aliphatic rings. The monoisotopic (exact) mass is 234 g/mol. The topological polar surface area (TPSA) is 78.8 Å². The largest absolute Gasteiger partial charge is 0.410 e. The van der Waals surface area contributed by atoms with Gasteiger partial charge in [0.2, 0.25) is 5.71 Å². The van der Waals surface area contributed by atoms with Crippen molar-refractivity contribution in [3.8, 4) is 0 Å². The van der Waals surface area contributed by atoms with Crippen molar-refractivity contribution in [2.24, 2.45) is 5.16 Å². The molecule has 0 aliphatic carbocycles. The number of hydrogen-bond acceptors (Lipinski definition) is 4. The number of oxime groups is 1. The molecule has 0 fully saturated rings. The zero-order valence-corrected chi connectivity index (χ0v) is 9.94. The van der Waals surface area contributed by atoms with E-state index in [4.69, 9.17) is 5.21 Å². The van der Waals surface area contributed by atoms with Crippen LogP contribution < -0.4 is 5.32 Å². The van der Waals surface area contributed by atoms with Gasteiger partial charge in [-0.15, -0.1) is 0 Å². The number of carbonyl (C=O) groups excluding carboxylic acids is 2. The summed E-state index contributed by atoms with van der Waals surface area (Å²) < 4.78 is 0. The van der Waals surface area contributed by atoms with Gasteiger partial charge in [-0.3, -0.25) is 9.59 Å². The number of amides is 1. The summed E-state index contributed by atoms with van der Waals surface area (Å²) in [6.07, 6.45) is 0. The molecule has 5 heteroatoms. The number of Topliss-reactive ketones (excluding diaryl/α,β-unsaturated/α-hetero) is 1. The van der Waals surface area contributed by atoms with Gasteiger partial charge >= 0.3 is 0 Å². The summed E-state index contributed by atoms with van der Waals surface area (Å²) in [5.41, 5.74) is 2.02. The maximum absolute atomic E-state index is 11.6. The number of nitrogens with zero attached hydrogens (tertiary/aromatic N) is 1. The first-order chi connectivity index (χ1) is 7.95. The first-order valence-electron chi connectivity index (χ1n) is 5.07. The molecule has 0 radical (unpaired) electrons. The van der Waals surface area contributed by atoms with Crippen molar-refractivity contribution in [2.45, 2.75) is 20.8 Å². The summed E-state index contributed by atoms with van der Waals surface area (Å²) in [7, 11) is 0. The molecule has 0 spiro atoms. The predicted molar refractivity (Wildman–Crippen MR) is 64.4 cm³/mol. The maximum atomic E-state index is 11.6. The Labute approximate surface area is 99.1 Å². The molecule has 17 heavy (non-hydrogen) atoms. The Kier molecular flexibility index (Phi) is 3.98. The minimum absolute atomic E-state index is 0.509. The summed E-state index contributed by atoms with van der Waals surface area (Å²) in [6, 6.07) is 5.48. The van der Waals surface area contributed by atoms with Crippen LogP contribution >= 0.6 is 0 Å². The van der Waals surface area contributed by atoms with Gasteiger partial charge in [-0.1, -0.05) is 22.9 Å². The predicted octanol–water partition coefficient (Wildman–Crippen LogP) is 1.66. The fourth-order valence-corrected chi connectivity index (χ4v) is 1.41. The molecule has 0 aliphatic heterocycles. The van der Waals surface area contributed by atoms with Crippen molar-refractivity contribution < 1.29 is 14.8 Å². The van der Waals surface area contributed by atoms with Gasteiger partial charge in [-0.25, -0.2) is 0 Å². The van der Waals surface area contributed by atoms with E-state index >= 15 is 0 Å². The van der Waals surface area contributed by atoms with Crippen molar-refractivity contribution in [1.82, 2.24) is 0 Å². The maximum Gasteiger partial charge on any atom is 0.281 e. The highest BCUT2D eigenvalue weighted by Gasteiger charge is 2.17. The van der Waals surface area contributed by atoms with Crippen LogP contribution in [0.25, 0.3) is 0 Å². The molecule has 5 nitrogen and oxygen atoms in total. The molecule has 0 unspecified atom stereocenters. The minimum Gasteiger partial charge on any atom is -0.410 e. The van der Waals surface area contributed by atoms with Crippen molar-refractivity contribution in [3.63, 3.8) is 0 Å². The zero-order chi connectivity index (χ0) is 13.0. The van der Waals surface area contributed by atoms with Gasteiger partial charge in [-0.05, 0) is 25.5 Å². The lowest BCUT2D eigenvalue weighted by atomic mass is 10.1. The molecule has 0 saturated heterocycles. The van der Waals surface area contributed by atoms with E-state index in [1.165, 1.54) is 0 Å². The molecule has 90 valence electrons. The van der Waals surface area contributed by atoms with Crippen molar-refractivity contribution in [3.05, 3.63) is 29.3 Å². The van der Waals surface area contributed by atoms with Crippen LogP contribution in [0.4, 0.5) is 5.69 Å². The van der Waals surface area contributed by atoms with Crippen LogP contribution in [-0.4, -0.2) is 22.6 Å². The summed E-state index contributed by atoms with van der Waals surface area (Å²) in [5.74, 6) is -1.30. The third-order valence-electron chi connectivity index (χ3n) is 2.28. The van der Waals surface area contributed by atoms with Gasteiger partial charge in [0, 0.05) is 12.6 Å². The first-order valence-corrected chi connectivity index (χ1v) is 5.07. The zero-order valence-electron chi connectivity index (χ0n) is 9.94. The third-order valence-corrected chi connectivity index (χ3v) is 2.28. The number of carbonyl (C=O) groups is 2. The minimum atomic E-state index is -0.716. The van der Waals surface area contributed by atoms with Gasteiger partial charge in [0.25, 0.3) is 5.91 Å². The van der Waals surface area contributed by atoms with Crippen LogP contribution in [0.1, 0.15) is 18.1 Å². The Morgan fingerprint density at radius 1 is 1.29 bits per heavy atom. The van der Waals surface area contributed by atoms with Crippen LogP contribution in [0.3, 0.4) is 0 Å². The fourth-order valence-electron chi connectivity index (χ4n) is 1.41. The molecule has 1 amide bonds. The summed E-state index contributed by atoms with van der Waals surface area (Å²) in [4.78, 5) is 22.6. The quantitative estimate of drug-likeness (QED) is 0.361. The molecule has 0 bridgehead atoms. The van der Waals surface area contributed by atoms with Crippen molar-refractivity contribution in [1.29, 1.82) is 0 Å². The Hall–Kier alpha value is -2.17. The van der Waals surface area contributed by atoms with E-state index in [0.29, 0.717) is 5.69 Å². The summed E-state index contributed by atoms with van der Waals surface area (Å²) >= 11 is 0. The number of ketones is 1. The van der Waals surface area contributed by atoms with E-state index in [-0.39, 0.29) is 0 Å². The number of aryl methyl sites for hydroxylation is 2. The van der Waals surface area contributed by atoms with E-state index in [2.05, 4.69) is 10.5 Å². The lowest BCUT2D eigenvalue weighted by Gasteiger charge is -2.08. The SMILES string of the molecule is CC(=O)C(=NO)C(=O)Nc1ccc(C)cc1C. The van der Waals surface area contributed by atoms with Gasteiger partial charge in [0.15, 0.2) is 5.78 Å². The average Bonchev–Trinajstić information content (AvgIpc) is 2.22. The average molecular weight is 234 g/mol. The molecule has 0 atom stereocenters. The highest BCUT2D eigenvalue weighted by molar-refractivity contribution is 6.67. The van der Waals surface area contributed by atoms with Crippen molar-refractivity contribution >= 4 is 23.1 Å². The third kappa shape index (κ3) is 3.14. The number of benzene rings is 1. The van der Waals surface area contributed by atoms with Crippen LogP contribution in [0.5, 0.6) is 0 Å². The van der Waals surface area contributed by atoms with Gasteiger partial charge in [0.05, 0.1) is 0 Å². The second kappa shape index (κ2) is 5.25. The Morgan fingerprint density at radius 2 is 1.94 bits per heavy atom. The van der Waals surface area contributed by atoms with Gasteiger partial charge in [-0.2, -0.15) is 0 Å². The molecule has 2 N–H and O–H groups in total. The van der Waals surface area contributed by atoms with Crippen LogP contribution in [-0.2, 0) is 9.59 Å². The second-order valence-corrected chi connectivity index (χ2v) is 3.78. The number of anilines is 1.